The maximum absolute atomic E-state index is 12.8. The standard InChI is InChI=1S/C14H17F3N2O3/c15-14(16,17)11-5-2-1-4-10(11)7-9-19-13(22)18-8-3-6-12(20)21/h1-2,4-5H,3,6-9H2,(H,20,21)(H2,18,19,22). The predicted octanol–water partition coefficient (Wildman–Crippen LogP) is 2.41. The second-order valence-corrected chi connectivity index (χ2v) is 4.58. The summed E-state index contributed by atoms with van der Waals surface area (Å²) in [5, 5.41) is 13.3. The van der Waals surface area contributed by atoms with E-state index >= 15 is 0 Å². The van der Waals surface area contributed by atoms with E-state index in [1.54, 1.807) is 0 Å². The normalized spacial score (nSPS) is 11.0. The third-order valence-corrected chi connectivity index (χ3v) is 2.86. The van der Waals surface area contributed by atoms with Gasteiger partial charge in [0.05, 0.1) is 5.56 Å². The van der Waals surface area contributed by atoms with Crippen molar-refractivity contribution < 1.29 is 27.9 Å². The summed E-state index contributed by atoms with van der Waals surface area (Å²) < 4.78 is 38.3. The zero-order valence-corrected chi connectivity index (χ0v) is 11.7. The Kier molecular flexibility index (Phi) is 6.68. The second-order valence-electron chi connectivity index (χ2n) is 4.58. The predicted molar refractivity (Wildman–Crippen MR) is 73.4 cm³/mol. The maximum atomic E-state index is 12.8. The van der Waals surface area contributed by atoms with Crippen LogP contribution >= 0.6 is 0 Å². The first kappa shape index (κ1) is 17.8. The van der Waals surface area contributed by atoms with Crippen LogP contribution in [0, 0.1) is 0 Å². The van der Waals surface area contributed by atoms with Crippen molar-refractivity contribution in [3.8, 4) is 0 Å². The van der Waals surface area contributed by atoms with Gasteiger partial charge in [0.15, 0.2) is 0 Å². The number of benzene rings is 1. The number of carboxylic acids is 1. The molecule has 0 heterocycles. The average Bonchev–Trinajstić information content (AvgIpc) is 2.43. The molecular formula is C14H17F3N2O3. The molecule has 0 spiro atoms. The minimum absolute atomic E-state index is 0.0534. The van der Waals surface area contributed by atoms with Crippen molar-refractivity contribution in [3.05, 3.63) is 35.4 Å². The Morgan fingerprint density at radius 2 is 1.73 bits per heavy atom. The molecule has 0 saturated heterocycles. The number of carbonyl (C=O) groups is 2. The van der Waals surface area contributed by atoms with Crippen LogP contribution in [0.5, 0.6) is 0 Å². The van der Waals surface area contributed by atoms with Crippen molar-refractivity contribution in [2.45, 2.75) is 25.4 Å². The molecule has 0 aliphatic carbocycles. The highest BCUT2D eigenvalue weighted by Crippen LogP contribution is 2.31. The van der Waals surface area contributed by atoms with Crippen molar-refractivity contribution in [2.24, 2.45) is 0 Å². The van der Waals surface area contributed by atoms with Crippen LogP contribution in [0.15, 0.2) is 24.3 Å². The van der Waals surface area contributed by atoms with E-state index in [9.17, 15) is 22.8 Å². The summed E-state index contributed by atoms with van der Waals surface area (Å²) in [4.78, 5) is 21.6. The van der Waals surface area contributed by atoms with E-state index in [1.165, 1.54) is 18.2 Å². The number of carbonyl (C=O) groups excluding carboxylic acids is 1. The second kappa shape index (κ2) is 8.26. The molecule has 3 N–H and O–H groups in total. The Labute approximate surface area is 125 Å². The molecule has 122 valence electrons. The molecule has 0 saturated carbocycles. The van der Waals surface area contributed by atoms with Crippen LogP contribution in [0.3, 0.4) is 0 Å². The molecule has 0 bridgehead atoms. The highest BCUT2D eigenvalue weighted by Gasteiger charge is 2.32. The van der Waals surface area contributed by atoms with Gasteiger partial charge in [-0.25, -0.2) is 4.79 Å². The molecule has 0 aliphatic rings. The number of urea groups is 1. The zero-order chi connectivity index (χ0) is 16.6. The summed E-state index contributed by atoms with van der Waals surface area (Å²) in [6.07, 6.45) is -4.13. The summed E-state index contributed by atoms with van der Waals surface area (Å²) in [5.74, 6) is -0.953. The molecular weight excluding hydrogens is 301 g/mol. The summed E-state index contributed by atoms with van der Waals surface area (Å²) in [6, 6.07) is 4.66. The van der Waals surface area contributed by atoms with Crippen molar-refractivity contribution in [1.29, 1.82) is 0 Å². The largest absolute Gasteiger partial charge is 0.481 e. The van der Waals surface area contributed by atoms with Gasteiger partial charge in [-0.05, 0) is 24.5 Å². The highest BCUT2D eigenvalue weighted by molar-refractivity contribution is 5.73. The topological polar surface area (TPSA) is 78.4 Å². The Morgan fingerprint density at radius 3 is 2.36 bits per heavy atom. The van der Waals surface area contributed by atoms with E-state index in [4.69, 9.17) is 5.11 Å². The van der Waals surface area contributed by atoms with Gasteiger partial charge in [-0.3, -0.25) is 4.79 Å². The van der Waals surface area contributed by atoms with E-state index in [0.29, 0.717) is 6.42 Å². The van der Waals surface area contributed by atoms with Crippen molar-refractivity contribution in [1.82, 2.24) is 10.6 Å². The lowest BCUT2D eigenvalue weighted by Gasteiger charge is -2.13. The Hall–Kier alpha value is -2.25. The van der Waals surface area contributed by atoms with Crippen LogP contribution in [-0.4, -0.2) is 30.2 Å². The number of halogens is 3. The molecule has 0 fully saturated rings. The number of hydrogen-bond donors (Lipinski definition) is 3. The van der Waals surface area contributed by atoms with Crippen molar-refractivity contribution >= 4 is 12.0 Å². The van der Waals surface area contributed by atoms with Crippen LogP contribution in [0.1, 0.15) is 24.0 Å². The van der Waals surface area contributed by atoms with E-state index in [-0.39, 0.29) is 31.5 Å². The third-order valence-electron chi connectivity index (χ3n) is 2.86. The summed E-state index contributed by atoms with van der Waals surface area (Å²) in [5.41, 5.74) is -0.597. The maximum Gasteiger partial charge on any atom is 0.416 e. The highest BCUT2D eigenvalue weighted by atomic mass is 19.4. The molecule has 8 heteroatoms. The first-order chi connectivity index (χ1) is 10.3. The SMILES string of the molecule is O=C(O)CCCNC(=O)NCCc1ccccc1C(F)(F)F. The molecule has 1 aromatic carbocycles. The Bertz CT molecular complexity index is 518. The Balaban J connectivity index is 2.36. The molecule has 0 unspecified atom stereocenters. The van der Waals surface area contributed by atoms with Gasteiger partial charge in [-0.1, -0.05) is 18.2 Å². The monoisotopic (exact) mass is 318 g/mol. The van der Waals surface area contributed by atoms with E-state index in [1.807, 2.05) is 0 Å². The number of aliphatic carboxylic acids is 1. The minimum Gasteiger partial charge on any atom is -0.481 e. The fourth-order valence-corrected chi connectivity index (χ4v) is 1.83. The Morgan fingerprint density at radius 1 is 1.09 bits per heavy atom. The van der Waals surface area contributed by atoms with Gasteiger partial charge >= 0.3 is 18.2 Å². The molecule has 1 rings (SSSR count). The third kappa shape index (κ3) is 6.47. The molecule has 5 nitrogen and oxygen atoms in total. The molecule has 1 aromatic rings. The number of alkyl halides is 3. The minimum atomic E-state index is -4.42. The van der Waals surface area contributed by atoms with Crippen LogP contribution in [-0.2, 0) is 17.4 Å². The summed E-state index contributed by atoms with van der Waals surface area (Å²) in [7, 11) is 0. The fourth-order valence-electron chi connectivity index (χ4n) is 1.83. The van der Waals surface area contributed by atoms with Gasteiger partial charge in [0.2, 0.25) is 0 Å². The molecule has 0 atom stereocenters. The van der Waals surface area contributed by atoms with Crippen LogP contribution in [0.4, 0.5) is 18.0 Å². The molecule has 0 aliphatic heterocycles. The van der Waals surface area contributed by atoms with E-state index in [0.717, 1.165) is 6.07 Å². The average molecular weight is 318 g/mol. The van der Waals surface area contributed by atoms with E-state index < -0.39 is 23.7 Å². The van der Waals surface area contributed by atoms with E-state index in [2.05, 4.69) is 10.6 Å². The van der Waals surface area contributed by atoms with Crippen LogP contribution in [0.2, 0.25) is 0 Å². The molecule has 2 amide bonds. The number of rotatable bonds is 7. The lowest BCUT2D eigenvalue weighted by Crippen LogP contribution is -2.37. The molecule has 0 radical (unpaired) electrons. The molecule has 0 aromatic heterocycles. The summed E-state index contributed by atoms with van der Waals surface area (Å²) >= 11 is 0. The quantitative estimate of drug-likeness (QED) is 0.676. The first-order valence-corrected chi connectivity index (χ1v) is 6.69. The lowest BCUT2D eigenvalue weighted by atomic mass is 10.0. The fraction of sp³-hybridized carbons (Fsp3) is 0.429. The van der Waals surface area contributed by atoms with Gasteiger partial charge in [-0.15, -0.1) is 0 Å². The first-order valence-electron chi connectivity index (χ1n) is 6.69. The van der Waals surface area contributed by atoms with Gasteiger partial charge in [0, 0.05) is 19.5 Å². The van der Waals surface area contributed by atoms with Gasteiger partial charge in [0.1, 0.15) is 0 Å². The number of nitrogens with one attached hydrogen (secondary N) is 2. The summed E-state index contributed by atoms with van der Waals surface area (Å²) in [6.45, 7) is 0.245. The van der Waals surface area contributed by atoms with Gasteiger partial charge in [0.25, 0.3) is 0 Å². The van der Waals surface area contributed by atoms with Crippen LogP contribution in [0.25, 0.3) is 0 Å². The lowest BCUT2D eigenvalue weighted by molar-refractivity contribution is -0.138. The van der Waals surface area contributed by atoms with Crippen molar-refractivity contribution in [3.63, 3.8) is 0 Å². The number of amides is 2. The smallest absolute Gasteiger partial charge is 0.416 e. The molecule has 22 heavy (non-hydrogen) atoms. The number of carboxylic acid groups (broad SMARTS) is 1. The van der Waals surface area contributed by atoms with Gasteiger partial charge < -0.3 is 15.7 Å². The zero-order valence-electron chi connectivity index (χ0n) is 11.7. The number of hydrogen-bond acceptors (Lipinski definition) is 2. The van der Waals surface area contributed by atoms with Crippen molar-refractivity contribution in [2.75, 3.05) is 13.1 Å². The van der Waals surface area contributed by atoms with Gasteiger partial charge in [-0.2, -0.15) is 13.2 Å². The van der Waals surface area contributed by atoms with Crippen LogP contribution < -0.4 is 10.6 Å².